The van der Waals surface area contributed by atoms with Crippen LogP contribution in [0.2, 0.25) is 0 Å². The SMILES string of the molecule is Cc1c[nH]c(C)c1CC1CCCNC1. The Labute approximate surface area is 86.1 Å². The van der Waals surface area contributed by atoms with Crippen LogP contribution in [0, 0.1) is 19.8 Å². The molecule has 0 aliphatic carbocycles. The third kappa shape index (κ3) is 2.01. The quantitative estimate of drug-likeness (QED) is 0.738. The fraction of sp³-hybridized carbons (Fsp3) is 0.667. The number of aromatic nitrogens is 1. The second kappa shape index (κ2) is 4.18. The highest BCUT2D eigenvalue weighted by atomic mass is 14.9. The molecule has 1 atom stereocenters. The van der Waals surface area contributed by atoms with Crippen LogP contribution in [0.4, 0.5) is 0 Å². The molecule has 1 aliphatic heterocycles. The lowest BCUT2D eigenvalue weighted by Crippen LogP contribution is -2.31. The first kappa shape index (κ1) is 9.78. The van der Waals surface area contributed by atoms with Gasteiger partial charge in [0.1, 0.15) is 0 Å². The van der Waals surface area contributed by atoms with E-state index in [1.165, 1.54) is 43.6 Å². The summed E-state index contributed by atoms with van der Waals surface area (Å²) in [6.07, 6.45) is 6.10. The number of H-pyrrole nitrogens is 1. The summed E-state index contributed by atoms with van der Waals surface area (Å²) in [6, 6.07) is 0. The highest BCUT2D eigenvalue weighted by Crippen LogP contribution is 2.21. The maximum absolute atomic E-state index is 3.48. The second-order valence-electron chi connectivity index (χ2n) is 4.49. The Hall–Kier alpha value is -0.760. The van der Waals surface area contributed by atoms with Crippen molar-refractivity contribution in [2.24, 2.45) is 5.92 Å². The van der Waals surface area contributed by atoms with E-state index >= 15 is 0 Å². The number of rotatable bonds is 2. The topological polar surface area (TPSA) is 27.8 Å². The van der Waals surface area contributed by atoms with Crippen LogP contribution >= 0.6 is 0 Å². The third-order valence-corrected chi connectivity index (χ3v) is 3.33. The van der Waals surface area contributed by atoms with Crippen LogP contribution in [0.5, 0.6) is 0 Å². The van der Waals surface area contributed by atoms with E-state index < -0.39 is 0 Å². The van der Waals surface area contributed by atoms with Gasteiger partial charge in [-0.05, 0) is 63.2 Å². The maximum atomic E-state index is 3.48. The molecule has 0 aromatic carbocycles. The zero-order valence-corrected chi connectivity index (χ0v) is 9.19. The molecule has 2 nitrogen and oxygen atoms in total. The van der Waals surface area contributed by atoms with E-state index in [1.807, 2.05) is 0 Å². The summed E-state index contributed by atoms with van der Waals surface area (Å²) in [5.74, 6) is 0.844. The largest absolute Gasteiger partial charge is 0.365 e. The van der Waals surface area contributed by atoms with Gasteiger partial charge in [0.2, 0.25) is 0 Å². The first-order valence-corrected chi connectivity index (χ1v) is 5.61. The van der Waals surface area contributed by atoms with Crippen LogP contribution in [0.3, 0.4) is 0 Å². The van der Waals surface area contributed by atoms with Gasteiger partial charge in [0, 0.05) is 11.9 Å². The van der Waals surface area contributed by atoms with E-state index in [9.17, 15) is 0 Å². The number of hydrogen-bond donors (Lipinski definition) is 2. The lowest BCUT2D eigenvalue weighted by Gasteiger charge is -2.22. The van der Waals surface area contributed by atoms with E-state index in [-0.39, 0.29) is 0 Å². The minimum absolute atomic E-state index is 0.844. The van der Waals surface area contributed by atoms with Gasteiger partial charge in [0.25, 0.3) is 0 Å². The van der Waals surface area contributed by atoms with E-state index in [1.54, 1.807) is 5.56 Å². The Bertz CT molecular complexity index is 276. The molecule has 0 bridgehead atoms. The predicted octanol–water partition coefficient (Wildman–Crippen LogP) is 2.17. The first-order chi connectivity index (χ1) is 6.77. The van der Waals surface area contributed by atoms with Crippen molar-refractivity contribution in [2.45, 2.75) is 33.1 Å². The summed E-state index contributed by atoms with van der Waals surface area (Å²) >= 11 is 0. The van der Waals surface area contributed by atoms with Crippen molar-refractivity contribution in [3.05, 3.63) is 23.0 Å². The van der Waals surface area contributed by atoms with Crippen molar-refractivity contribution < 1.29 is 0 Å². The third-order valence-electron chi connectivity index (χ3n) is 3.33. The van der Waals surface area contributed by atoms with E-state index in [0.29, 0.717) is 0 Å². The molecule has 1 saturated heterocycles. The lowest BCUT2D eigenvalue weighted by molar-refractivity contribution is 0.375. The first-order valence-electron chi connectivity index (χ1n) is 5.61. The molecule has 2 rings (SSSR count). The van der Waals surface area contributed by atoms with Gasteiger partial charge < -0.3 is 10.3 Å². The van der Waals surface area contributed by atoms with Crippen LogP contribution in [0.25, 0.3) is 0 Å². The minimum Gasteiger partial charge on any atom is -0.365 e. The van der Waals surface area contributed by atoms with Crippen LogP contribution in [-0.4, -0.2) is 18.1 Å². The number of piperidine rings is 1. The summed E-state index contributed by atoms with van der Waals surface area (Å²) in [7, 11) is 0. The van der Waals surface area contributed by atoms with Gasteiger partial charge in [-0.3, -0.25) is 0 Å². The Morgan fingerprint density at radius 1 is 1.43 bits per heavy atom. The van der Waals surface area contributed by atoms with Crippen molar-refractivity contribution in [3.8, 4) is 0 Å². The van der Waals surface area contributed by atoms with Gasteiger partial charge in [-0.15, -0.1) is 0 Å². The average Bonchev–Trinajstić information content (AvgIpc) is 2.51. The number of hydrogen-bond acceptors (Lipinski definition) is 1. The fourth-order valence-electron chi connectivity index (χ4n) is 2.39. The highest BCUT2D eigenvalue weighted by molar-refractivity contribution is 5.29. The molecule has 0 amide bonds. The maximum Gasteiger partial charge on any atom is 0.0150 e. The number of aromatic amines is 1. The molecule has 1 unspecified atom stereocenters. The monoisotopic (exact) mass is 192 g/mol. The smallest absolute Gasteiger partial charge is 0.0150 e. The zero-order chi connectivity index (χ0) is 9.97. The molecular formula is C12H20N2. The molecule has 1 aliphatic rings. The molecule has 0 spiro atoms. The molecule has 1 fully saturated rings. The summed E-state index contributed by atoms with van der Waals surface area (Å²) in [6.45, 7) is 6.79. The number of aryl methyl sites for hydroxylation is 2. The molecule has 0 radical (unpaired) electrons. The average molecular weight is 192 g/mol. The Morgan fingerprint density at radius 2 is 2.29 bits per heavy atom. The van der Waals surface area contributed by atoms with Gasteiger partial charge in [0.15, 0.2) is 0 Å². The molecule has 78 valence electrons. The highest BCUT2D eigenvalue weighted by Gasteiger charge is 2.15. The second-order valence-corrected chi connectivity index (χ2v) is 4.49. The predicted molar refractivity (Wildman–Crippen MR) is 59.6 cm³/mol. The summed E-state index contributed by atoms with van der Waals surface area (Å²) in [4.78, 5) is 3.31. The molecule has 1 aromatic heterocycles. The van der Waals surface area contributed by atoms with Gasteiger partial charge in [-0.1, -0.05) is 0 Å². The van der Waals surface area contributed by atoms with Crippen LogP contribution in [0.15, 0.2) is 6.20 Å². The summed E-state index contributed by atoms with van der Waals surface area (Å²) < 4.78 is 0. The van der Waals surface area contributed by atoms with Crippen LogP contribution in [0.1, 0.15) is 29.7 Å². The normalized spacial score (nSPS) is 22.6. The van der Waals surface area contributed by atoms with Crippen molar-refractivity contribution in [3.63, 3.8) is 0 Å². The summed E-state index contributed by atoms with van der Waals surface area (Å²) in [5, 5.41) is 3.48. The van der Waals surface area contributed by atoms with Crippen molar-refractivity contribution in [2.75, 3.05) is 13.1 Å². The Kier molecular flexibility index (Phi) is 2.92. The van der Waals surface area contributed by atoms with E-state index in [4.69, 9.17) is 0 Å². The minimum atomic E-state index is 0.844. The Morgan fingerprint density at radius 3 is 2.86 bits per heavy atom. The number of nitrogens with one attached hydrogen (secondary N) is 2. The van der Waals surface area contributed by atoms with E-state index in [2.05, 4.69) is 30.3 Å². The standard InChI is InChI=1S/C12H20N2/c1-9-7-14-10(2)12(9)6-11-4-3-5-13-8-11/h7,11,13-14H,3-6,8H2,1-2H3. The van der Waals surface area contributed by atoms with Gasteiger partial charge in [0.05, 0.1) is 0 Å². The Balaban J connectivity index is 2.02. The van der Waals surface area contributed by atoms with Crippen molar-refractivity contribution in [1.29, 1.82) is 0 Å². The fourth-order valence-corrected chi connectivity index (χ4v) is 2.39. The van der Waals surface area contributed by atoms with E-state index in [0.717, 1.165) is 5.92 Å². The molecular weight excluding hydrogens is 172 g/mol. The van der Waals surface area contributed by atoms with Crippen molar-refractivity contribution >= 4 is 0 Å². The molecule has 0 saturated carbocycles. The van der Waals surface area contributed by atoms with Crippen LogP contribution < -0.4 is 5.32 Å². The summed E-state index contributed by atoms with van der Waals surface area (Å²) in [5.41, 5.74) is 4.32. The molecule has 2 heteroatoms. The molecule has 2 heterocycles. The van der Waals surface area contributed by atoms with Gasteiger partial charge in [-0.25, -0.2) is 0 Å². The molecule has 14 heavy (non-hydrogen) atoms. The van der Waals surface area contributed by atoms with Crippen LogP contribution in [-0.2, 0) is 6.42 Å². The van der Waals surface area contributed by atoms with Crippen molar-refractivity contribution in [1.82, 2.24) is 10.3 Å². The zero-order valence-electron chi connectivity index (χ0n) is 9.19. The lowest BCUT2D eigenvalue weighted by atomic mass is 9.91. The van der Waals surface area contributed by atoms with Gasteiger partial charge in [-0.2, -0.15) is 0 Å². The molecule has 1 aromatic rings. The van der Waals surface area contributed by atoms with Gasteiger partial charge >= 0.3 is 0 Å². The molecule has 2 N–H and O–H groups in total.